The molecule has 0 spiro atoms. The van der Waals surface area contributed by atoms with Crippen molar-refractivity contribution in [3.63, 3.8) is 0 Å². The highest BCUT2D eigenvalue weighted by molar-refractivity contribution is 5.94. The smallest absolute Gasteiger partial charge is 0.270 e. The summed E-state index contributed by atoms with van der Waals surface area (Å²) in [7, 11) is 1.64. The number of aryl methyl sites for hydroxylation is 2. The number of nitrogens with zero attached hydrogens (tertiary/aromatic N) is 2. The van der Waals surface area contributed by atoms with Gasteiger partial charge in [-0.15, -0.1) is 0 Å². The van der Waals surface area contributed by atoms with E-state index in [2.05, 4.69) is 47.8 Å². The Balaban J connectivity index is 1.57. The van der Waals surface area contributed by atoms with Gasteiger partial charge in [-0.25, -0.2) is 4.68 Å². The highest BCUT2D eigenvalue weighted by atomic mass is 16.5. The zero-order chi connectivity index (χ0) is 26.5. The highest BCUT2D eigenvalue weighted by Gasteiger charge is 2.23. The lowest BCUT2D eigenvalue weighted by Gasteiger charge is -2.20. The molecule has 4 aromatic carbocycles. The summed E-state index contributed by atoms with van der Waals surface area (Å²) in [5, 5.41) is 8.22. The van der Waals surface area contributed by atoms with Crippen molar-refractivity contribution in [2.75, 3.05) is 7.11 Å². The average Bonchev–Trinajstić information content (AvgIpc) is 3.41. The Kier molecular flexibility index (Phi) is 7.36. The van der Waals surface area contributed by atoms with Crippen LogP contribution < -0.4 is 10.1 Å². The SMILES string of the molecule is COc1cccc(-c2cc(C(=O)NC(Cc3ccccc3)c3ccccc3)n(-c3cc(C)ccc3C)n2)c1. The van der Waals surface area contributed by atoms with E-state index >= 15 is 0 Å². The van der Waals surface area contributed by atoms with Gasteiger partial charge in [-0.1, -0.05) is 84.9 Å². The number of hydrogen-bond donors (Lipinski definition) is 1. The molecule has 5 heteroatoms. The van der Waals surface area contributed by atoms with E-state index in [-0.39, 0.29) is 11.9 Å². The number of rotatable bonds is 8. The van der Waals surface area contributed by atoms with Gasteiger partial charge in [0.15, 0.2) is 0 Å². The summed E-state index contributed by atoms with van der Waals surface area (Å²) in [6.07, 6.45) is 0.678. The van der Waals surface area contributed by atoms with Crippen LogP contribution in [0.25, 0.3) is 16.9 Å². The zero-order valence-electron chi connectivity index (χ0n) is 21.9. The van der Waals surface area contributed by atoms with Crippen LogP contribution in [-0.2, 0) is 6.42 Å². The molecule has 0 saturated carbocycles. The maximum Gasteiger partial charge on any atom is 0.270 e. The molecule has 190 valence electrons. The Morgan fingerprint density at radius 2 is 1.61 bits per heavy atom. The van der Waals surface area contributed by atoms with E-state index in [1.165, 1.54) is 0 Å². The lowest BCUT2D eigenvalue weighted by molar-refractivity contribution is 0.0928. The lowest BCUT2D eigenvalue weighted by Crippen LogP contribution is -2.31. The fourth-order valence-electron chi connectivity index (χ4n) is 4.62. The quantitative estimate of drug-likeness (QED) is 0.252. The van der Waals surface area contributed by atoms with E-state index < -0.39 is 0 Å². The van der Waals surface area contributed by atoms with Crippen LogP contribution in [0.15, 0.2) is 109 Å². The number of methoxy groups -OCH3 is 1. The average molecular weight is 502 g/mol. The predicted molar refractivity (Wildman–Crippen MR) is 152 cm³/mol. The van der Waals surface area contributed by atoms with Gasteiger partial charge >= 0.3 is 0 Å². The van der Waals surface area contributed by atoms with Crippen molar-refractivity contribution >= 4 is 5.91 Å². The van der Waals surface area contributed by atoms with Crippen molar-refractivity contribution in [2.24, 2.45) is 0 Å². The topological polar surface area (TPSA) is 56.1 Å². The van der Waals surface area contributed by atoms with Gasteiger partial charge in [0.1, 0.15) is 11.4 Å². The Hall–Kier alpha value is -4.64. The maximum atomic E-state index is 14.0. The van der Waals surface area contributed by atoms with Gasteiger partial charge in [-0.3, -0.25) is 4.79 Å². The van der Waals surface area contributed by atoms with E-state index in [0.717, 1.165) is 39.3 Å². The molecular weight excluding hydrogens is 470 g/mol. The standard InChI is InChI=1S/C33H31N3O2/c1-23-17-18-24(2)31(19-23)36-32(22-30(35-36)27-15-10-16-28(21-27)38-3)33(37)34-29(26-13-8-5-9-14-26)20-25-11-6-4-7-12-25/h4-19,21-22,29H,20H2,1-3H3,(H,34,37). The predicted octanol–water partition coefficient (Wildman–Crippen LogP) is 6.88. The second-order valence-electron chi connectivity index (χ2n) is 9.47. The molecule has 0 fully saturated rings. The Morgan fingerprint density at radius 1 is 0.868 bits per heavy atom. The number of carbonyl (C=O) groups excluding carboxylic acids is 1. The van der Waals surface area contributed by atoms with Gasteiger partial charge in [0.05, 0.1) is 24.5 Å². The molecule has 1 N–H and O–H groups in total. The minimum Gasteiger partial charge on any atom is -0.497 e. The molecular formula is C33H31N3O2. The Labute approximate surface area is 223 Å². The lowest BCUT2D eigenvalue weighted by atomic mass is 9.98. The van der Waals surface area contributed by atoms with Crippen LogP contribution in [0.3, 0.4) is 0 Å². The van der Waals surface area contributed by atoms with Crippen LogP contribution in [0.5, 0.6) is 5.75 Å². The monoisotopic (exact) mass is 501 g/mol. The summed E-state index contributed by atoms with van der Waals surface area (Å²) in [4.78, 5) is 14.0. The first-order valence-corrected chi connectivity index (χ1v) is 12.7. The first kappa shape index (κ1) is 25.0. The van der Waals surface area contributed by atoms with Crippen molar-refractivity contribution in [2.45, 2.75) is 26.3 Å². The molecule has 0 aliphatic heterocycles. The molecule has 5 aromatic rings. The van der Waals surface area contributed by atoms with Crippen LogP contribution in [0, 0.1) is 13.8 Å². The molecule has 0 aliphatic carbocycles. The third-order valence-electron chi connectivity index (χ3n) is 6.69. The van der Waals surface area contributed by atoms with E-state index in [1.54, 1.807) is 11.8 Å². The summed E-state index contributed by atoms with van der Waals surface area (Å²) < 4.78 is 7.19. The number of benzene rings is 4. The molecule has 1 amide bonds. The molecule has 0 bridgehead atoms. The van der Waals surface area contributed by atoms with Crippen molar-refractivity contribution in [1.29, 1.82) is 0 Å². The highest BCUT2D eigenvalue weighted by Crippen LogP contribution is 2.27. The normalized spacial score (nSPS) is 11.7. The van der Waals surface area contributed by atoms with Crippen molar-refractivity contribution < 1.29 is 9.53 Å². The van der Waals surface area contributed by atoms with Crippen molar-refractivity contribution in [3.05, 3.63) is 137 Å². The van der Waals surface area contributed by atoms with E-state index in [0.29, 0.717) is 17.8 Å². The Morgan fingerprint density at radius 3 is 2.34 bits per heavy atom. The molecule has 38 heavy (non-hydrogen) atoms. The summed E-state index contributed by atoms with van der Waals surface area (Å²) in [5.41, 5.74) is 7.28. The molecule has 5 nitrogen and oxygen atoms in total. The summed E-state index contributed by atoms with van der Waals surface area (Å²) >= 11 is 0. The molecule has 0 aliphatic rings. The van der Waals surface area contributed by atoms with E-state index in [9.17, 15) is 4.79 Å². The van der Waals surface area contributed by atoms with E-state index in [1.807, 2.05) is 80.6 Å². The van der Waals surface area contributed by atoms with Crippen molar-refractivity contribution in [3.8, 4) is 22.7 Å². The van der Waals surface area contributed by atoms with Crippen LogP contribution in [0.2, 0.25) is 0 Å². The number of hydrogen-bond acceptors (Lipinski definition) is 3. The third kappa shape index (κ3) is 5.52. The molecule has 1 aromatic heterocycles. The van der Waals surface area contributed by atoms with Crippen LogP contribution in [-0.4, -0.2) is 22.8 Å². The number of nitrogens with one attached hydrogen (secondary N) is 1. The summed E-state index contributed by atoms with van der Waals surface area (Å²) in [6, 6.07) is 35.9. The first-order valence-electron chi connectivity index (χ1n) is 12.7. The minimum absolute atomic E-state index is 0.183. The first-order chi connectivity index (χ1) is 18.5. The largest absolute Gasteiger partial charge is 0.497 e. The number of ether oxygens (including phenoxy) is 1. The van der Waals surface area contributed by atoms with E-state index in [4.69, 9.17) is 9.84 Å². The number of carbonyl (C=O) groups is 1. The maximum absolute atomic E-state index is 14.0. The van der Waals surface area contributed by atoms with Gasteiger partial charge in [0.2, 0.25) is 0 Å². The van der Waals surface area contributed by atoms with Gasteiger partial charge in [-0.05, 0) is 66.8 Å². The van der Waals surface area contributed by atoms with Gasteiger partial charge in [-0.2, -0.15) is 5.10 Å². The molecule has 0 radical (unpaired) electrons. The number of amides is 1. The molecule has 1 atom stereocenters. The fraction of sp³-hybridized carbons (Fsp3) is 0.152. The number of aromatic nitrogens is 2. The second kappa shape index (κ2) is 11.2. The van der Waals surface area contributed by atoms with Crippen LogP contribution >= 0.6 is 0 Å². The molecule has 5 rings (SSSR count). The van der Waals surface area contributed by atoms with Gasteiger partial charge in [0.25, 0.3) is 5.91 Å². The molecule has 1 heterocycles. The minimum atomic E-state index is -0.201. The second-order valence-corrected chi connectivity index (χ2v) is 9.47. The fourth-order valence-corrected chi connectivity index (χ4v) is 4.62. The van der Waals surface area contributed by atoms with Crippen LogP contribution in [0.4, 0.5) is 0 Å². The molecule has 0 saturated heterocycles. The van der Waals surface area contributed by atoms with Gasteiger partial charge in [0, 0.05) is 5.56 Å². The Bertz CT molecular complexity index is 1540. The van der Waals surface area contributed by atoms with Gasteiger partial charge < -0.3 is 10.1 Å². The summed E-state index contributed by atoms with van der Waals surface area (Å²) in [6.45, 7) is 4.08. The molecule has 1 unspecified atom stereocenters. The zero-order valence-corrected chi connectivity index (χ0v) is 21.9. The summed E-state index contributed by atoms with van der Waals surface area (Å²) in [5.74, 6) is 0.555. The van der Waals surface area contributed by atoms with Crippen LogP contribution in [0.1, 0.15) is 38.8 Å². The van der Waals surface area contributed by atoms with Crippen molar-refractivity contribution in [1.82, 2.24) is 15.1 Å². The third-order valence-corrected chi connectivity index (χ3v) is 6.69.